The monoisotopic (exact) mass is 202 g/mol. The minimum atomic E-state index is -1.29. The van der Waals surface area contributed by atoms with E-state index in [1.54, 1.807) is 0 Å². The van der Waals surface area contributed by atoms with Gasteiger partial charge in [-0.25, -0.2) is 0 Å². The van der Waals surface area contributed by atoms with Crippen LogP contribution in [0.25, 0.3) is 0 Å². The normalized spacial score (nSPS) is 56.4. The second-order valence-corrected chi connectivity index (χ2v) is 15.6. The molecule has 0 spiro atoms. The van der Waals surface area contributed by atoms with Crippen molar-refractivity contribution < 1.29 is 4.74 Å². The van der Waals surface area contributed by atoms with Gasteiger partial charge in [0.2, 0.25) is 0 Å². The molecule has 2 aliphatic heterocycles. The molecule has 2 rings (SSSR count). The maximum atomic E-state index is 5.71. The third kappa shape index (κ3) is 0.736. The Kier molecular flexibility index (Phi) is 1.07. The van der Waals surface area contributed by atoms with Gasteiger partial charge in [0.25, 0.3) is 0 Å². The van der Waals surface area contributed by atoms with E-state index >= 15 is 0 Å². The van der Waals surface area contributed by atoms with Crippen LogP contribution >= 0.6 is 0 Å². The van der Waals surface area contributed by atoms with Crippen molar-refractivity contribution in [3.63, 3.8) is 0 Å². The molecule has 0 aromatic heterocycles. The van der Waals surface area contributed by atoms with Gasteiger partial charge in [0.15, 0.2) is 0 Å². The first-order chi connectivity index (χ1) is 4.37. The Morgan fingerprint density at radius 3 is 1.70 bits per heavy atom. The molecular weight excluding hydrogens is 185 g/mol. The van der Waals surface area contributed by atoms with Gasteiger partial charge < -0.3 is 0 Å². The van der Waals surface area contributed by atoms with Gasteiger partial charge in [-0.2, -0.15) is 0 Å². The van der Waals surface area contributed by atoms with Crippen molar-refractivity contribution in [3.8, 4) is 0 Å². The molecule has 0 amide bonds. The van der Waals surface area contributed by atoms with Crippen LogP contribution in [0, 0.1) is 0 Å². The van der Waals surface area contributed by atoms with Crippen LogP contribution in [0.4, 0.5) is 0 Å². The fourth-order valence-corrected chi connectivity index (χ4v) is 12.6. The number of rotatable bonds is 0. The SMILES string of the molecule is CC12[CH2][Ge]([CH3])([CH3])[CH2]C1(C)O2. The van der Waals surface area contributed by atoms with Gasteiger partial charge in [0.1, 0.15) is 0 Å². The molecule has 1 nitrogen and oxygen atoms in total. The molecule has 0 radical (unpaired) electrons. The van der Waals surface area contributed by atoms with Crippen molar-refractivity contribution in [2.45, 2.75) is 47.1 Å². The molecule has 0 aliphatic carbocycles. The van der Waals surface area contributed by atoms with Crippen molar-refractivity contribution in [3.05, 3.63) is 0 Å². The van der Waals surface area contributed by atoms with Crippen molar-refractivity contribution in [1.82, 2.24) is 0 Å². The Bertz CT molecular complexity index is 172. The zero-order valence-corrected chi connectivity index (χ0v) is 9.42. The van der Waals surface area contributed by atoms with Gasteiger partial charge in [-0.1, -0.05) is 0 Å². The van der Waals surface area contributed by atoms with Crippen molar-refractivity contribution in [1.29, 1.82) is 0 Å². The van der Waals surface area contributed by atoms with E-state index in [0.29, 0.717) is 11.2 Å². The van der Waals surface area contributed by atoms with Gasteiger partial charge in [0, 0.05) is 0 Å². The molecule has 2 heteroatoms. The predicted octanol–water partition coefficient (Wildman–Crippen LogP) is 2.26. The quantitative estimate of drug-likeness (QED) is 0.432. The number of epoxide rings is 1. The van der Waals surface area contributed by atoms with E-state index in [4.69, 9.17) is 4.74 Å². The van der Waals surface area contributed by atoms with Crippen molar-refractivity contribution in [2.24, 2.45) is 0 Å². The first-order valence-electron chi connectivity index (χ1n) is 4.07. The minimum absolute atomic E-state index is 0.316. The first-order valence-corrected chi connectivity index (χ1v) is 11.2. The molecule has 2 saturated heterocycles. The van der Waals surface area contributed by atoms with Crippen LogP contribution < -0.4 is 0 Å². The van der Waals surface area contributed by atoms with Crippen LogP contribution in [-0.4, -0.2) is 24.5 Å². The van der Waals surface area contributed by atoms with Crippen LogP contribution in [0.2, 0.25) is 22.0 Å². The molecule has 58 valence electrons. The van der Waals surface area contributed by atoms with E-state index in [1.807, 2.05) is 0 Å². The van der Waals surface area contributed by atoms with E-state index < -0.39 is 13.3 Å². The number of hydrogen-bond donors (Lipinski definition) is 0. The summed E-state index contributed by atoms with van der Waals surface area (Å²) in [6.07, 6.45) is 0. The van der Waals surface area contributed by atoms with Gasteiger partial charge >= 0.3 is 65.1 Å². The van der Waals surface area contributed by atoms with Gasteiger partial charge in [-0.3, -0.25) is 0 Å². The number of hydrogen-bond acceptors (Lipinski definition) is 1. The zero-order chi connectivity index (χ0) is 7.62. The fraction of sp³-hybridized carbons (Fsp3) is 1.00. The Morgan fingerprint density at radius 2 is 1.50 bits per heavy atom. The summed E-state index contributed by atoms with van der Waals surface area (Å²) >= 11 is -1.29. The average molecular weight is 201 g/mol. The molecule has 0 aromatic rings. The van der Waals surface area contributed by atoms with E-state index in [0.717, 1.165) is 0 Å². The molecule has 2 atom stereocenters. The molecule has 10 heavy (non-hydrogen) atoms. The Hall–Kier alpha value is 0.503. The summed E-state index contributed by atoms with van der Waals surface area (Å²) in [4.78, 5) is 0. The molecule has 0 aromatic carbocycles. The number of fused-ring (bicyclic) bond motifs is 1. The standard InChI is InChI=1S/C8H16GeO/c1-7-5-9(3,4)6-8(7,2)10-7/h5-6H2,1-4H3. The van der Waals surface area contributed by atoms with Crippen LogP contribution in [-0.2, 0) is 4.74 Å². The van der Waals surface area contributed by atoms with E-state index in [-0.39, 0.29) is 0 Å². The fourth-order valence-electron chi connectivity index (χ4n) is 2.81. The summed E-state index contributed by atoms with van der Waals surface area (Å²) in [7, 11) is 0. The topological polar surface area (TPSA) is 12.5 Å². The second kappa shape index (κ2) is 1.49. The molecule has 2 heterocycles. The Balaban J connectivity index is 2.24. The summed E-state index contributed by atoms with van der Waals surface area (Å²) in [6.45, 7) is 4.57. The van der Waals surface area contributed by atoms with E-state index in [9.17, 15) is 0 Å². The van der Waals surface area contributed by atoms with Crippen LogP contribution in [0.15, 0.2) is 0 Å². The summed E-state index contributed by atoms with van der Waals surface area (Å²) in [5.41, 5.74) is 0.632. The molecule has 2 fully saturated rings. The van der Waals surface area contributed by atoms with Gasteiger partial charge in [0.05, 0.1) is 0 Å². The zero-order valence-electron chi connectivity index (χ0n) is 7.32. The average Bonchev–Trinajstić information content (AvgIpc) is 1.93. The summed E-state index contributed by atoms with van der Waals surface area (Å²) < 4.78 is 5.71. The summed E-state index contributed by atoms with van der Waals surface area (Å²) in [6, 6.07) is 0. The molecule has 0 bridgehead atoms. The molecule has 0 saturated carbocycles. The second-order valence-electron chi connectivity index (χ2n) is 5.08. The molecule has 0 N–H and O–H groups in total. The van der Waals surface area contributed by atoms with Crippen molar-refractivity contribution in [2.75, 3.05) is 0 Å². The maximum absolute atomic E-state index is 5.71. The van der Waals surface area contributed by atoms with Gasteiger partial charge in [-0.05, 0) is 0 Å². The van der Waals surface area contributed by atoms with Crippen LogP contribution in [0.3, 0.4) is 0 Å². The molecule has 2 aliphatic rings. The first kappa shape index (κ1) is 7.17. The predicted molar refractivity (Wildman–Crippen MR) is 45.0 cm³/mol. The molecule has 2 unspecified atom stereocenters. The Labute approximate surface area is 65.5 Å². The van der Waals surface area contributed by atoms with Crippen LogP contribution in [0.1, 0.15) is 13.8 Å². The Morgan fingerprint density at radius 1 is 1.10 bits per heavy atom. The number of ether oxygens (including phenoxy) is 1. The van der Waals surface area contributed by atoms with Gasteiger partial charge in [-0.15, -0.1) is 0 Å². The third-order valence-corrected chi connectivity index (χ3v) is 10.0. The van der Waals surface area contributed by atoms with Crippen LogP contribution in [0.5, 0.6) is 0 Å². The van der Waals surface area contributed by atoms with E-state index in [2.05, 4.69) is 25.4 Å². The van der Waals surface area contributed by atoms with Crippen molar-refractivity contribution >= 4 is 13.3 Å². The molecular formula is C8H16GeO. The summed E-state index contributed by atoms with van der Waals surface area (Å²) in [5.74, 6) is 5.04. The van der Waals surface area contributed by atoms with E-state index in [1.165, 1.54) is 10.5 Å². The third-order valence-electron chi connectivity index (χ3n) is 3.16. The summed E-state index contributed by atoms with van der Waals surface area (Å²) in [5, 5.41) is 2.84.